The van der Waals surface area contributed by atoms with Gasteiger partial charge in [-0.05, 0) is 43.6 Å². The van der Waals surface area contributed by atoms with E-state index in [9.17, 15) is 14.7 Å². The van der Waals surface area contributed by atoms with Gasteiger partial charge in [0.05, 0.1) is 21.6 Å². The molecule has 6 nitrogen and oxygen atoms in total. The van der Waals surface area contributed by atoms with Gasteiger partial charge in [0.2, 0.25) is 5.43 Å². The number of nitrogens with two attached hydrogens (primary N) is 1. The molecule has 2 aromatic rings. The highest BCUT2D eigenvalue weighted by molar-refractivity contribution is 6.38. The predicted octanol–water partition coefficient (Wildman–Crippen LogP) is 3.56. The van der Waals surface area contributed by atoms with Gasteiger partial charge in [0.15, 0.2) is 0 Å². The van der Waals surface area contributed by atoms with Gasteiger partial charge in [-0.25, -0.2) is 9.18 Å². The number of rotatable bonds is 3. The van der Waals surface area contributed by atoms with Crippen molar-refractivity contribution in [1.29, 1.82) is 0 Å². The second kappa shape index (κ2) is 6.33. The molecule has 2 bridgehead atoms. The van der Waals surface area contributed by atoms with Gasteiger partial charge in [0.1, 0.15) is 11.4 Å². The number of hydrogen-bond donors (Lipinski definition) is 2. The molecule has 4 aliphatic carbocycles. The fourth-order valence-corrected chi connectivity index (χ4v) is 6.50. The van der Waals surface area contributed by atoms with Crippen molar-refractivity contribution in [2.75, 3.05) is 18.0 Å². The van der Waals surface area contributed by atoms with Crippen LogP contribution in [0.1, 0.15) is 42.1 Å². The van der Waals surface area contributed by atoms with Gasteiger partial charge in [-0.1, -0.05) is 23.8 Å². The average Bonchev–Trinajstić information content (AvgIpc) is 3.46. The van der Waals surface area contributed by atoms with Crippen molar-refractivity contribution in [2.45, 2.75) is 37.3 Å². The number of aromatic nitrogens is 1. The average molecular weight is 444 g/mol. The number of carboxylic acids is 1. The zero-order valence-electron chi connectivity index (χ0n) is 16.9. The number of fused-ring (bicyclic) bond motifs is 2. The van der Waals surface area contributed by atoms with Gasteiger partial charge in [0.25, 0.3) is 0 Å². The molecule has 1 saturated heterocycles. The van der Waals surface area contributed by atoms with Gasteiger partial charge in [-0.3, -0.25) is 4.79 Å². The summed E-state index contributed by atoms with van der Waals surface area (Å²) in [6.07, 6.45) is 9.44. The topological polar surface area (TPSA) is 88.6 Å². The lowest BCUT2D eigenvalue weighted by atomic mass is 9.60. The summed E-state index contributed by atoms with van der Waals surface area (Å²) in [5, 5.41) is 9.65. The monoisotopic (exact) mass is 443 g/mol. The van der Waals surface area contributed by atoms with E-state index in [0.29, 0.717) is 36.1 Å². The van der Waals surface area contributed by atoms with E-state index in [-0.39, 0.29) is 33.5 Å². The quantitative estimate of drug-likeness (QED) is 0.708. The Hall–Kier alpha value is -2.38. The third-order valence-electron chi connectivity index (χ3n) is 7.84. The molecule has 1 aliphatic heterocycles. The molecular formula is C23H23ClFN3O3. The van der Waals surface area contributed by atoms with Crippen LogP contribution >= 0.6 is 11.6 Å². The maximum Gasteiger partial charge on any atom is 0.341 e. The summed E-state index contributed by atoms with van der Waals surface area (Å²) in [5.41, 5.74) is 5.98. The zero-order chi connectivity index (χ0) is 21.7. The van der Waals surface area contributed by atoms with E-state index in [2.05, 4.69) is 12.2 Å². The Labute approximate surface area is 183 Å². The van der Waals surface area contributed by atoms with E-state index in [4.69, 9.17) is 17.3 Å². The largest absolute Gasteiger partial charge is 0.477 e. The lowest BCUT2D eigenvalue weighted by Crippen LogP contribution is -2.55. The third-order valence-corrected chi connectivity index (χ3v) is 8.20. The van der Waals surface area contributed by atoms with Crippen LogP contribution in [0.3, 0.4) is 0 Å². The number of carboxylic acid groups (broad SMARTS) is 1. The minimum atomic E-state index is -1.32. The number of nitrogens with zero attached hydrogens (tertiary/aromatic N) is 2. The van der Waals surface area contributed by atoms with Crippen LogP contribution in [-0.2, 0) is 0 Å². The van der Waals surface area contributed by atoms with Crippen LogP contribution in [0.2, 0.25) is 5.02 Å². The SMILES string of the molecule is NC12C=CC(CC1)C1CN(c3c(F)cc4c(=O)c(C(=O)O)cn(C5CC5)c4c3Cl)CC12. The molecule has 4 unspecified atom stereocenters. The fraction of sp³-hybridized carbons (Fsp3) is 0.478. The summed E-state index contributed by atoms with van der Waals surface area (Å²) in [4.78, 5) is 26.3. The number of anilines is 1. The molecule has 4 atom stereocenters. The Balaban J connectivity index is 1.51. The Bertz CT molecular complexity index is 1240. The Kier molecular flexibility index (Phi) is 3.94. The summed E-state index contributed by atoms with van der Waals surface area (Å²) >= 11 is 6.79. The van der Waals surface area contributed by atoms with E-state index in [1.807, 2.05) is 4.90 Å². The molecule has 0 spiro atoms. The van der Waals surface area contributed by atoms with Crippen LogP contribution < -0.4 is 16.1 Å². The molecular weight excluding hydrogens is 421 g/mol. The maximum atomic E-state index is 15.4. The summed E-state index contributed by atoms with van der Waals surface area (Å²) in [7, 11) is 0. The van der Waals surface area contributed by atoms with Crippen LogP contribution in [0.4, 0.5) is 10.1 Å². The van der Waals surface area contributed by atoms with Gasteiger partial charge in [-0.2, -0.15) is 0 Å². The molecule has 0 amide bonds. The summed E-state index contributed by atoms with van der Waals surface area (Å²) in [6.45, 7) is 1.28. The Morgan fingerprint density at radius 3 is 2.68 bits per heavy atom. The summed E-state index contributed by atoms with van der Waals surface area (Å²) in [6, 6.07) is 1.24. The lowest BCUT2D eigenvalue weighted by Gasteiger charge is -2.47. The van der Waals surface area contributed by atoms with Crippen molar-refractivity contribution in [3.05, 3.63) is 51.0 Å². The first kappa shape index (κ1) is 19.3. The molecule has 1 aromatic carbocycles. The molecule has 31 heavy (non-hydrogen) atoms. The molecule has 3 N–H and O–H groups in total. The number of carbonyl (C=O) groups is 1. The van der Waals surface area contributed by atoms with Gasteiger partial charge in [0, 0.05) is 36.8 Å². The second-order valence-corrected chi connectivity index (χ2v) is 9.96. The molecule has 7 rings (SSSR count). The van der Waals surface area contributed by atoms with E-state index < -0.39 is 17.2 Å². The van der Waals surface area contributed by atoms with Gasteiger partial charge >= 0.3 is 5.97 Å². The molecule has 2 heterocycles. The highest BCUT2D eigenvalue weighted by Crippen LogP contribution is 2.51. The van der Waals surface area contributed by atoms with E-state index in [0.717, 1.165) is 31.7 Å². The van der Waals surface area contributed by atoms with Crippen LogP contribution in [0.5, 0.6) is 0 Å². The molecule has 0 radical (unpaired) electrons. The first-order chi connectivity index (χ1) is 14.8. The summed E-state index contributed by atoms with van der Waals surface area (Å²) < 4.78 is 17.2. The molecule has 3 fully saturated rings. The van der Waals surface area contributed by atoms with Crippen molar-refractivity contribution in [2.24, 2.45) is 23.5 Å². The van der Waals surface area contributed by atoms with Crippen LogP contribution in [0, 0.1) is 23.6 Å². The second-order valence-electron chi connectivity index (χ2n) is 9.58. The minimum Gasteiger partial charge on any atom is -0.477 e. The Morgan fingerprint density at radius 2 is 2.06 bits per heavy atom. The molecule has 5 aliphatic rings. The third kappa shape index (κ3) is 2.66. The van der Waals surface area contributed by atoms with Crippen molar-refractivity contribution >= 4 is 34.2 Å². The highest BCUT2D eigenvalue weighted by Gasteiger charge is 2.53. The van der Waals surface area contributed by atoms with Crippen LogP contribution in [-0.4, -0.2) is 34.3 Å². The molecule has 8 heteroatoms. The number of halogens is 2. The number of pyridine rings is 1. The smallest absolute Gasteiger partial charge is 0.341 e. The van der Waals surface area contributed by atoms with Crippen LogP contribution in [0.25, 0.3) is 10.9 Å². The van der Waals surface area contributed by atoms with Gasteiger partial charge < -0.3 is 20.3 Å². The molecule has 1 aromatic heterocycles. The predicted molar refractivity (Wildman–Crippen MR) is 116 cm³/mol. The maximum absolute atomic E-state index is 15.4. The normalized spacial score (nSPS) is 31.5. The van der Waals surface area contributed by atoms with Crippen molar-refractivity contribution < 1.29 is 14.3 Å². The minimum absolute atomic E-state index is 0.0201. The molecule has 162 valence electrons. The fourth-order valence-electron chi connectivity index (χ4n) is 6.09. The number of allylic oxidation sites excluding steroid dienone is 1. The van der Waals surface area contributed by atoms with Crippen molar-refractivity contribution in [3.63, 3.8) is 0 Å². The number of aromatic carboxylic acids is 1. The number of benzene rings is 1. The number of hydrogen-bond acceptors (Lipinski definition) is 4. The van der Waals surface area contributed by atoms with E-state index in [1.165, 1.54) is 6.20 Å². The van der Waals surface area contributed by atoms with Crippen molar-refractivity contribution in [3.8, 4) is 0 Å². The first-order valence-electron chi connectivity index (χ1n) is 10.8. The summed E-state index contributed by atoms with van der Waals surface area (Å²) in [5.74, 6) is -0.867. The van der Waals surface area contributed by atoms with Gasteiger partial charge in [-0.15, -0.1) is 0 Å². The van der Waals surface area contributed by atoms with E-state index in [1.54, 1.807) is 4.57 Å². The molecule has 2 saturated carbocycles. The highest BCUT2D eigenvalue weighted by atomic mass is 35.5. The lowest BCUT2D eigenvalue weighted by molar-refractivity contribution is 0.0695. The van der Waals surface area contributed by atoms with Crippen LogP contribution in [0.15, 0.2) is 29.2 Å². The first-order valence-corrected chi connectivity index (χ1v) is 11.2. The Morgan fingerprint density at radius 1 is 1.29 bits per heavy atom. The standard InChI is InChI=1S/C23H23ClFN3O3/c24-18-19-13(21(29)15(22(30)31)9-28(19)12-1-2-12)7-17(25)20(18)27-8-14-11-3-5-23(26,6-4-11)16(14)10-27/h3,5,7,9,11-12,14,16H,1-2,4,6,8,10,26H2,(H,30,31). The zero-order valence-corrected chi connectivity index (χ0v) is 17.6. The van der Waals surface area contributed by atoms with Crippen molar-refractivity contribution in [1.82, 2.24) is 4.57 Å². The van der Waals surface area contributed by atoms with E-state index >= 15 is 4.39 Å².